The summed E-state index contributed by atoms with van der Waals surface area (Å²) in [4.78, 5) is 43.0. The first-order valence-electron chi connectivity index (χ1n) is 8.46. The lowest BCUT2D eigenvalue weighted by atomic mass is 10.00. The molecule has 1 fully saturated rings. The van der Waals surface area contributed by atoms with Crippen LogP contribution < -0.4 is 10.7 Å². The van der Waals surface area contributed by atoms with Crippen molar-refractivity contribution in [3.63, 3.8) is 0 Å². The number of imide groups is 1. The highest BCUT2D eigenvalue weighted by atomic mass is 16.2. The molecule has 1 aromatic rings. The summed E-state index contributed by atoms with van der Waals surface area (Å²) in [6, 6.07) is -0.594. The summed E-state index contributed by atoms with van der Waals surface area (Å²) in [5, 5.41) is 3.39. The second-order valence-electron chi connectivity index (χ2n) is 6.85. The average molecular weight is 348 g/mol. The van der Waals surface area contributed by atoms with Crippen LogP contribution in [0.2, 0.25) is 0 Å². The lowest BCUT2D eigenvalue weighted by Gasteiger charge is -2.28. The number of aryl methyl sites for hydroxylation is 1. The summed E-state index contributed by atoms with van der Waals surface area (Å²) in [5.41, 5.74) is 3.61. The Hall–Kier alpha value is -2.42. The van der Waals surface area contributed by atoms with Gasteiger partial charge in [-0.2, -0.15) is 5.01 Å². The monoisotopic (exact) mass is 348 g/mol. The molecule has 25 heavy (non-hydrogen) atoms. The van der Waals surface area contributed by atoms with Crippen molar-refractivity contribution in [2.75, 3.05) is 13.1 Å². The Morgan fingerprint density at radius 1 is 1.32 bits per heavy atom. The molecule has 0 spiro atoms. The molecule has 0 bridgehead atoms. The van der Waals surface area contributed by atoms with E-state index in [0.29, 0.717) is 19.5 Å². The minimum Gasteiger partial charge on any atom is -0.330 e. The van der Waals surface area contributed by atoms with Crippen molar-refractivity contribution in [3.8, 4) is 0 Å². The Morgan fingerprint density at radius 2 is 2.04 bits per heavy atom. The molecule has 1 saturated heterocycles. The Labute approximate surface area is 146 Å². The fourth-order valence-corrected chi connectivity index (χ4v) is 3.19. The number of hydrogen-bond acceptors (Lipinski definition) is 5. The summed E-state index contributed by atoms with van der Waals surface area (Å²) in [6.07, 6.45) is 0.456. The first-order chi connectivity index (χ1) is 11.7. The number of carbonyl (C=O) groups excluding carboxylic acids is 3. The van der Waals surface area contributed by atoms with Crippen LogP contribution in [0.25, 0.3) is 0 Å². The van der Waals surface area contributed by atoms with Crippen LogP contribution in [-0.4, -0.2) is 55.9 Å². The Bertz CT molecular complexity index is 742. The fraction of sp³-hybridized carbons (Fsp3) is 0.625. The zero-order valence-corrected chi connectivity index (χ0v) is 15.0. The Balaban J connectivity index is 1.60. The van der Waals surface area contributed by atoms with Crippen LogP contribution >= 0.6 is 0 Å². The largest absolute Gasteiger partial charge is 0.344 e. The molecule has 0 aliphatic carbocycles. The molecule has 9 heteroatoms. The van der Waals surface area contributed by atoms with Gasteiger partial charge in [0.15, 0.2) is 0 Å². The number of imidazole rings is 1. The second kappa shape index (κ2) is 6.14. The van der Waals surface area contributed by atoms with E-state index in [1.165, 1.54) is 0 Å². The summed E-state index contributed by atoms with van der Waals surface area (Å²) < 4.78 is 2.16. The highest BCUT2D eigenvalue weighted by molar-refractivity contribution is 6.07. The van der Waals surface area contributed by atoms with Gasteiger partial charge in [-0.3, -0.25) is 19.9 Å². The van der Waals surface area contributed by atoms with E-state index in [4.69, 9.17) is 0 Å². The number of nitrogens with one attached hydrogen (secondary N) is 2. The van der Waals surface area contributed by atoms with Gasteiger partial charge in [0.05, 0.1) is 18.8 Å². The maximum absolute atomic E-state index is 12.3. The number of rotatable bonds is 4. The van der Waals surface area contributed by atoms with Gasteiger partial charge in [-0.15, -0.1) is 0 Å². The Kier molecular flexibility index (Phi) is 4.28. The third-order valence-corrected chi connectivity index (χ3v) is 5.11. The molecule has 2 N–H and O–H groups in total. The maximum Gasteiger partial charge on any atom is 0.344 e. The third kappa shape index (κ3) is 2.99. The van der Waals surface area contributed by atoms with Crippen LogP contribution in [0.15, 0.2) is 0 Å². The quantitative estimate of drug-likeness (QED) is 0.750. The molecule has 3 rings (SSSR count). The van der Waals surface area contributed by atoms with Gasteiger partial charge in [-0.25, -0.2) is 9.78 Å². The topological polar surface area (TPSA) is 99.6 Å². The second-order valence-corrected chi connectivity index (χ2v) is 6.85. The average Bonchev–Trinajstić information content (AvgIpc) is 2.96. The van der Waals surface area contributed by atoms with Gasteiger partial charge < -0.3 is 9.88 Å². The maximum atomic E-state index is 12.3. The van der Waals surface area contributed by atoms with E-state index in [-0.39, 0.29) is 6.54 Å². The van der Waals surface area contributed by atoms with E-state index in [9.17, 15) is 14.4 Å². The van der Waals surface area contributed by atoms with E-state index in [2.05, 4.69) is 20.3 Å². The van der Waals surface area contributed by atoms with Gasteiger partial charge in [-0.1, -0.05) is 6.92 Å². The summed E-state index contributed by atoms with van der Waals surface area (Å²) in [7, 11) is 0. The third-order valence-electron chi connectivity index (χ3n) is 5.11. The molecule has 0 saturated carbocycles. The normalized spacial score (nSPS) is 23.6. The molecular weight excluding hydrogens is 324 g/mol. The van der Waals surface area contributed by atoms with Crippen LogP contribution in [0, 0.1) is 13.8 Å². The van der Waals surface area contributed by atoms with Gasteiger partial charge in [0, 0.05) is 18.8 Å². The molecular formula is C16H24N6O3. The molecule has 136 valence electrons. The molecule has 2 aliphatic heterocycles. The summed E-state index contributed by atoms with van der Waals surface area (Å²) >= 11 is 0. The van der Waals surface area contributed by atoms with Crippen LogP contribution in [0.3, 0.4) is 0 Å². The molecule has 1 aromatic heterocycles. The molecule has 0 radical (unpaired) electrons. The number of nitrogens with zero attached hydrogens (tertiary/aromatic N) is 4. The smallest absolute Gasteiger partial charge is 0.330 e. The van der Waals surface area contributed by atoms with Gasteiger partial charge in [0.25, 0.3) is 11.8 Å². The fourth-order valence-electron chi connectivity index (χ4n) is 3.19. The molecule has 0 aromatic carbocycles. The van der Waals surface area contributed by atoms with Gasteiger partial charge >= 0.3 is 6.03 Å². The molecule has 1 atom stereocenters. The predicted molar refractivity (Wildman–Crippen MR) is 89.2 cm³/mol. The number of carbonyl (C=O) groups is 3. The molecule has 0 unspecified atom stereocenters. The molecule has 2 aliphatic rings. The minimum absolute atomic E-state index is 0.102. The van der Waals surface area contributed by atoms with E-state index >= 15 is 0 Å². The van der Waals surface area contributed by atoms with Crippen molar-refractivity contribution in [3.05, 3.63) is 17.2 Å². The minimum atomic E-state index is -0.963. The SMILES string of the molecule is CC[C@]1(C)NC(=O)N(NC(=O)CN2CCn3c(nc(C)c3C)C2)C1=O. The van der Waals surface area contributed by atoms with Gasteiger partial charge in [-0.05, 0) is 27.2 Å². The van der Waals surface area contributed by atoms with Crippen molar-refractivity contribution >= 4 is 17.8 Å². The standard InChI is InChI=1S/C16H24N6O3/c1-5-16(4)14(24)22(15(25)18-16)19-13(23)9-20-6-7-21-11(3)10(2)17-12(21)8-20/h5-9H2,1-4H3,(H,18,25)(H,19,23)/t16-/m0/s1. The lowest BCUT2D eigenvalue weighted by molar-refractivity contribution is -0.139. The van der Waals surface area contributed by atoms with E-state index in [1.807, 2.05) is 25.7 Å². The summed E-state index contributed by atoms with van der Waals surface area (Å²) in [5.74, 6) is 0.105. The van der Waals surface area contributed by atoms with Crippen molar-refractivity contribution in [2.45, 2.75) is 52.7 Å². The zero-order chi connectivity index (χ0) is 18.4. The number of fused-ring (bicyclic) bond motifs is 1. The van der Waals surface area contributed by atoms with Crippen molar-refractivity contribution in [1.82, 2.24) is 30.2 Å². The van der Waals surface area contributed by atoms with E-state index < -0.39 is 23.4 Å². The molecule has 3 heterocycles. The number of amides is 4. The van der Waals surface area contributed by atoms with Crippen LogP contribution in [0.1, 0.15) is 37.5 Å². The number of hydrogen-bond donors (Lipinski definition) is 2. The number of hydrazine groups is 1. The van der Waals surface area contributed by atoms with Gasteiger partial charge in [0.2, 0.25) is 0 Å². The number of urea groups is 1. The molecule has 4 amide bonds. The predicted octanol–water partition coefficient (Wildman–Crippen LogP) is 0.0672. The van der Waals surface area contributed by atoms with Crippen molar-refractivity contribution < 1.29 is 14.4 Å². The zero-order valence-electron chi connectivity index (χ0n) is 15.0. The van der Waals surface area contributed by atoms with E-state index in [1.54, 1.807) is 6.92 Å². The highest BCUT2D eigenvalue weighted by Crippen LogP contribution is 2.19. The first-order valence-corrected chi connectivity index (χ1v) is 8.46. The highest BCUT2D eigenvalue weighted by Gasteiger charge is 2.47. The Morgan fingerprint density at radius 3 is 2.68 bits per heavy atom. The summed E-state index contributed by atoms with van der Waals surface area (Å²) in [6.45, 7) is 9.62. The molecule has 9 nitrogen and oxygen atoms in total. The van der Waals surface area contributed by atoms with Gasteiger partial charge in [0.1, 0.15) is 11.4 Å². The van der Waals surface area contributed by atoms with Crippen LogP contribution in [0.5, 0.6) is 0 Å². The first kappa shape index (κ1) is 17.4. The lowest BCUT2D eigenvalue weighted by Crippen LogP contribution is -2.51. The van der Waals surface area contributed by atoms with Crippen molar-refractivity contribution in [1.29, 1.82) is 0 Å². The number of aromatic nitrogens is 2. The van der Waals surface area contributed by atoms with Crippen LogP contribution in [0.4, 0.5) is 4.79 Å². The van der Waals surface area contributed by atoms with Crippen molar-refractivity contribution in [2.24, 2.45) is 0 Å². The van der Waals surface area contributed by atoms with E-state index in [0.717, 1.165) is 28.8 Å². The van der Waals surface area contributed by atoms with Crippen LogP contribution in [-0.2, 0) is 22.7 Å².